The highest BCUT2D eigenvalue weighted by Crippen LogP contribution is 2.92. The molecule has 3 heteroatoms. The van der Waals surface area contributed by atoms with Gasteiger partial charge in [-0.1, -0.05) is 24.8 Å². The molecule has 0 heterocycles. The summed E-state index contributed by atoms with van der Waals surface area (Å²) in [6, 6.07) is 9.02. The molecule has 0 N–H and O–H groups in total. The average Bonchev–Trinajstić information content (AvgIpc) is 2.27. The molecule has 0 saturated heterocycles. The topological polar surface area (TPSA) is 0 Å². The maximum atomic E-state index is 3.83. The summed E-state index contributed by atoms with van der Waals surface area (Å²) in [5.41, 5.74) is 1.21. The Balaban J connectivity index is 3.23. The summed E-state index contributed by atoms with van der Waals surface area (Å²) >= 11 is 0. The first-order valence-corrected chi connectivity index (χ1v) is 14.7. The molecule has 106 valence electrons. The third-order valence-corrected chi connectivity index (χ3v) is 30.3. The van der Waals surface area contributed by atoms with Crippen LogP contribution in [0.1, 0.15) is 5.56 Å². The van der Waals surface area contributed by atoms with E-state index < -0.39 is 26.2 Å². The number of benzene rings is 1. The molecule has 1 rings (SSSR count). The van der Waals surface area contributed by atoms with E-state index in [0.717, 1.165) is 0 Å². The van der Waals surface area contributed by atoms with Crippen molar-refractivity contribution in [2.45, 2.75) is 4.90 Å². The molecular weight excluding hydrogens is 276 g/mol. The number of rotatable bonds is 4. The minimum Gasteiger partial charge on any atom is -0.211 e. The fraction of sp³-hybridized carbons (Fsp3) is 0.467. The fourth-order valence-corrected chi connectivity index (χ4v) is 18.6. The van der Waals surface area contributed by atoms with Crippen LogP contribution in [0.15, 0.2) is 35.7 Å². The predicted octanol–water partition coefficient (Wildman–Crippen LogP) is 5.34. The van der Waals surface area contributed by atoms with Gasteiger partial charge in [0.15, 0.2) is 0 Å². The number of hydrogen-bond donors (Lipinski definition) is 0. The van der Waals surface area contributed by atoms with Gasteiger partial charge in [-0.2, -0.15) is 17.2 Å². The van der Waals surface area contributed by atoms with Crippen LogP contribution in [-0.2, 0) is 0 Å². The lowest BCUT2D eigenvalue weighted by Crippen LogP contribution is -2.12. The standard InChI is InChI=1S/C15H28S3/c1-9-14-10-12-15(13-11-14)17(5,6)18(7,8)16(2,3)4/h9-13H,1H2,2-8H3. The van der Waals surface area contributed by atoms with Crippen molar-refractivity contribution in [3.8, 4) is 0 Å². The van der Waals surface area contributed by atoms with Crippen LogP contribution in [0.4, 0.5) is 0 Å². The van der Waals surface area contributed by atoms with E-state index in [2.05, 4.69) is 74.6 Å². The summed E-state index contributed by atoms with van der Waals surface area (Å²) in [5, 5.41) is 0. The number of hydrogen-bond acceptors (Lipinski definition) is 0. The Morgan fingerprint density at radius 1 is 0.833 bits per heavy atom. The van der Waals surface area contributed by atoms with Gasteiger partial charge in [-0.25, -0.2) is 9.06 Å². The van der Waals surface area contributed by atoms with Crippen molar-refractivity contribution in [1.29, 1.82) is 0 Å². The van der Waals surface area contributed by atoms with Crippen LogP contribution in [0.3, 0.4) is 0 Å². The molecule has 0 aliphatic carbocycles. The highest BCUT2D eigenvalue weighted by Gasteiger charge is 2.36. The van der Waals surface area contributed by atoms with Gasteiger partial charge in [0, 0.05) is 0 Å². The summed E-state index contributed by atoms with van der Waals surface area (Å²) in [4.78, 5) is 1.54. The van der Waals surface area contributed by atoms with E-state index in [-0.39, 0.29) is 0 Å². The first-order chi connectivity index (χ1) is 8.04. The van der Waals surface area contributed by atoms with E-state index in [4.69, 9.17) is 0 Å². The van der Waals surface area contributed by atoms with Gasteiger partial charge in [0.2, 0.25) is 0 Å². The molecule has 0 spiro atoms. The molecule has 0 aliphatic rings. The van der Waals surface area contributed by atoms with Gasteiger partial charge < -0.3 is 0 Å². The Labute approximate surface area is 117 Å². The summed E-state index contributed by atoms with van der Waals surface area (Å²) in [6.07, 6.45) is 19.4. The highest BCUT2D eigenvalue weighted by molar-refractivity contribution is 9.39. The molecule has 0 aliphatic heterocycles. The van der Waals surface area contributed by atoms with Crippen molar-refractivity contribution in [3.63, 3.8) is 0 Å². The molecule has 0 unspecified atom stereocenters. The maximum Gasteiger partial charge on any atom is -0.00231 e. The second-order valence-corrected chi connectivity index (χ2v) is 25.7. The normalized spacial score (nSPS) is 16.2. The van der Waals surface area contributed by atoms with Crippen LogP contribution < -0.4 is 0 Å². The van der Waals surface area contributed by atoms with Crippen LogP contribution >= 0.6 is 26.2 Å². The van der Waals surface area contributed by atoms with Crippen molar-refractivity contribution in [2.24, 2.45) is 0 Å². The Morgan fingerprint density at radius 3 is 1.61 bits per heavy atom. The third-order valence-electron chi connectivity index (χ3n) is 3.89. The lowest BCUT2D eigenvalue weighted by molar-refractivity contribution is 1.44. The molecule has 0 atom stereocenters. The monoisotopic (exact) mass is 304 g/mol. The molecular formula is C15H28S3. The highest BCUT2D eigenvalue weighted by atomic mass is 33.6. The summed E-state index contributed by atoms with van der Waals surface area (Å²) in [5.74, 6) is 0. The Hall–Kier alpha value is 0.01000. The quantitative estimate of drug-likeness (QED) is 0.659. The van der Waals surface area contributed by atoms with Crippen LogP contribution in [-0.4, -0.2) is 43.8 Å². The summed E-state index contributed by atoms with van der Waals surface area (Å²) in [6.45, 7) is 3.83. The molecule has 18 heavy (non-hydrogen) atoms. The van der Waals surface area contributed by atoms with Gasteiger partial charge in [0.1, 0.15) is 0 Å². The zero-order valence-corrected chi connectivity index (χ0v) is 15.3. The Bertz CT molecular complexity index is 422. The first kappa shape index (κ1) is 16.1. The van der Waals surface area contributed by atoms with Crippen molar-refractivity contribution < 1.29 is 0 Å². The third kappa shape index (κ3) is 2.78. The van der Waals surface area contributed by atoms with Gasteiger partial charge in [-0.15, -0.1) is 0 Å². The summed E-state index contributed by atoms with van der Waals surface area (Å²) in [7, 11) is -1.87. The fourth-order valence-electron chi connectivity index (χ4n) is 1.67. The molecule has 0 nitrogen and oxygen atoms in total. The SMILES string of the molecule is C=Cc1ccc(S(C)(C)S(C)(C)S(C)(C)C)cc1. The van der Waals surface area contributed by atoms with Crippen LogP contribution in [0.5, 0.6) is 0 Å². The van der Waals surface area contributed by atoms with E-state index in [1.165, 1.54) is 10.5 Å². The second kappa shape index (κ2) is 5.18. The van der Waals surface area contributed by atoms with Crippen molar-refractivity contribution in [3.05, 3.63) is 36.4 Å². The van der Waals surface area contributed by atoms with Crippen LogP contribution in [0.25, 0.3) is 6.08 Å². The zero-order valence-electron chi connectivity index (χ0n) is 12.8. The molecule has 0 bridgehead atoms. The Morgan fingerprint density at radius 2 is 1.28 bits per heavy atom. The minimum atomic E-state index is -0.735. The van der Waals surface area contributed by atoms with Gasteiger partial charge in [0.05, 0.1) is 0 Å². The average molecular weight is 305 g/mol. The van der Waals surface area contributed by atoms with E-state index >= 15 is 0 Å². The van der Waals surface area contributed by atoms with Crippen molar-refractivity contribution >= 4 is 32.3 Å². The lowest BCUT2D eigenvalue weighted by atomic mass is 10.2. The molecule has 1 aromatic rings. The van der Waals surface area contributed by atoms with E-state index in [0.29, 0.717) is 0 Å². The minimum absolute atomic E-state index is 0.524. The van der Waals surface area contributed by atoms with Crippen molar-refractivity contribution in [1.82, 2.24) is 0 Å². The second-order valence-electron chi connectivity index (χ2n) is 5.87. The first-order valence-electron chi connectivity index (χ1n) is 5.91. The zero-order chi connectivity index (χ0) is 14.2. The maximum absolute atomic E-state index is 3.83. The Kier molecular flexibility index (Phi) is 4.62. The van der Waals surface area contributed by atoms with Crippen LogP contribution in [0, 0.1) is 0 Å². The molecule has 1 aromatic carbocycles. The predicted molar refractivity (Wildman–Crippen MR) is 99.0 cm³/mol. The van der Waals surface area contributed by atoms with Gasteiger partial charge in [-0.3, -0.25) is 0 Å². The van der Waals surface area contributed by atoms with E-state index in [9.17, 15) is 0 Å². The van der Waals surface area contributed by atoms with Crippen molar-refractivity contribution in [2.75, 3.05) is 43.8 Å². The van der Waals surface area contributed by atoms with E-state index in [1.807, 2.05) is 6.08 Å². The smallest absolute Gasteiger partial charge is 0.00231 e. The molecule has 0 saturated carbocycles. The molecule has 0 amide bonds. The molecule has 0 fully saturated rings. The summed E-state index contributed by atoms with van der Waals surface area (Å²) < 4.78 is 0. The molecule has 0 aromatic heterocycles. The van der Waals surface area contributed by atoms with Crippen LogP contribution in [0.2, 0.25) is 0 Å². The lowest BCUT2D eigenvalue weighted by Gasteiger charge is -2.61. The van der Waals surface area contributed by atoms with Gasteiger partial charge >= 0.3 is 0 Å². The largest absolute Gasteiger partial charge is 0.211 e. The molecule has 0 radical (unpaired) electrons. The van der Waals surface area contributed by atoms with E-state index in [1.54, 1.807) is 0 Å². The van der Waals surface area contributed by atoms with Gasteiger partial charge in [-0.05, 0) is 66.4 Å². The van der Waals surface area contributed by atoms with Gasteiger partial charge in [0.25, 0.3) is 0 Å².